The molecule has 3 aromatic rings. The van der Waals surface area contributed by atoms with Crippen LogP contribution in [-0.4, -0.2) is 28.2 Å². The Balaban J connectivity index is 1.52. The summed E-state index contributed by atoms with van der Waals surface area (Å²) < 4.78 is 11.6. The molecule has 0 amide bonds. The molecule has 124 valence electrons. The van der Waals surface area contributed by atoms with Crippen molar-refractivity contribution in [2.75, 3.05) is 18.0 Å². The van der Waals surface area contributed by atoms with E-state index in [9.17, 15) is 0 Å². The Bertz CT molecular complexity index is 915. The van der Waals surface area contributed by atoms with Crippen LogP contribution in [0.3, 0.4) is 0 Å². The SMILES string of the molecule is Cc1ccc2oc(N3C[C@@H]4CCC[C@]4(c4nc(C)no4)C3)nc2c1. The van der Waals surface area contributed by atoms with Gasteiger partial charge in [0.2, 0.25) is 5.89 Å². The minimum Gasteiger partial charge on any atom is -0.423 e. The molecule has 0 unspecified atom stereocenters. The van der Waals surface area contributed by atoms with Crippen molar-refractivity contribution in [1.29, 1.82) is 0 Å². The molecule has 24 heavy (non-hydrogen) atoms. The normalized spacial score (nSPS) is 26.4. The lowest BCUT2D eigenvalue weighted by Crippen LogP contribution is -2.32. The number of hydrogen-bond donors (Lipinski definition) is 0. The quantitative estimate of drug-likeness (QED) is 0.720. The molecule has 1 saturated carbocycles. The van der Waals surface area contributed by atoms with E-state index in [1.54, 1.807) is 0 Å². The van der Waals surface area contributed by atoms with E-state index in [-0.39, 0.29) is 5.41 Å². The minimum atomic E-state index is -0.0438. The standard InChI is InChI=1S/C18H20N4O2/c1-11-5-6-15-14(8-11)20-17(23-15)22-9-13-4-3-7-18(13,10-22)16-19-12(2)21-24-16/h5-6,8,13H,3-4,7,9-10H2,1-2H3/t13-,18-/m0/s1. The van der Waals surface area contributed by atoms with Gasteiger partial charge in [0.25, 0.3) is 6.01 Å². The molecular weight excluding hydrogens is 304 g/mol. The molecule has 1 saturated heterocycles. The van der Waals surface area contributed by atoms with E-state index in [2.05, 4.69) is 34.1 Å². The molecule has 0 bridgehead atoms. The molecule has 2 atom stereocenters. The van der Waals surface area contributed by atoms with E-state index >= 15 is 0 Å². The zero-order valence-corrected chi connectivity index (χ0v) is 14.0. The summed E-state index contributed by atoms with van der Waals surface area (Å²) >= 11 is 0. The zero-order chi connectivity index (χ0) is 16.3. The summed E-state index contributed by atoms with van der Waals surface area (Å²) in [5.74, 6) is 2.02. The smallest absolute Gasteiger partial charge is 0.298 e. The number of hydrogen-bond acceptors (Lipinski definition) is 6. The van der Waals surface area contributed by atoms with Gasteiger partial charge in [-0.1, -0.05) is 17.6 Å². The van der Waals surface area contributed by atoms with Crippen LogP contribution < -0.4 is 4.90 Å². The van der Waals surface area contributed by atoms with Crippen molar-refractivity contribution >= 4 is 17.1 Å². The topological polar surface area (TPSA) is 68.2 Å². The lowest BCUT2D eigenvalue weighted by atomic mass is 9.80. The molecule has 0 radical (unpaired) electrons. The highest BCUT2D eigenvalue weighted by Gasteiger charge is 2.55. The second kappa shape index (κ2) is 4.82. The van der Waals surface area contributed by atoms with Gasteiger partial charge in [-0.3, -0.25) is 0 Å². The van der Waals surface area contributed by atoms with Crippen LogP contribution in [0.2, 0.25) is 0 Å². The van der Waals surface area contributed by atoms with Gasteiger partial charge >= 0.3 is 0 Å². The minimum absolute atomic E-state index is 0.0438. The van der Waals surface area contributed by atoms with Gasteiger partial charge in [0.15, 0.2) is 11.4 Å². The largest absolute Gasteiger partial charge is 0.423 e. The number of nitrogens with zero attached hydrogens (tertiary/aromatic N) is 4. The Morgan fingerprint density at radius 1 is 1.25 bits per heavy atom. The number of anilines is 1. The summed E-state index contributed by atoms with van der Waals surface area (Å²) in [6, 6.07) is 6.82. The number of aryl methyl sites for hydroxylation is 2. The molecule has 2 aromatic heterocycles. The van der Waals surface area contributed by atoms with E-state index in [4.69, 9.17) is 13.9 Å². The van der Waals surface area contributed by atoms with Gasteiger partial charge in [0.05, 0.1) is 5.41 Å². The highest BCUT2D eigenvalue weighted by molar-refractivity contribution is 5.75. The van der Waals surface area contributed by atoms with Crippen molar-refractivity contribution in [3.8, 4) is 0 Å². The first kappa shape index (κ1) is 14.0. The Kier molecular flexibility index (Phi) is 2.81. The number of aromatic nitrogens is 3. The highest BCUT2D eigenvalue weighted by Crippen LogP contribution is 2.50. The monoisotopic (exact) mass is 324 g/mol. The van der Waals surface area contributed by atoms with Crippen LogP contribution in [0.5, 0.6) is 0 Å². The summed E-state index contributed by atoms with van der Waals surface area (Å²) in [6.07, 6.45) is 3.50. The molecule has 6 nitrogen and oxygen atoms in total. The van der Waals surface area contributed by atoms with Crippen LogP contribution in [0.4, 0.5) is 6.01 Å². The first-order valence-corrected chi connectivity index (χ1v) is 8.57. The molecule has 3 heterocycles. The van der Waals surface area contributed by atoms with Gasteiger partial charge in [-0.15, -0.1) is 0 Å². The fourth-order valence-corrected chi connectivity index (χ4v) is 4.44. The molecule has 2 fully saturated rings. The lowest BCUT2D eigenvalue weighted by molar-refractivity contribution is 0.265. The Labute approximate surface area is 139 Å². The maximum absolute atomic E-state index is 6.01. The average molecular weight is 324 g/mol. The van der Waals surface area contributed by atoms with Crippen molar-refractivity contribution in [3.63, 3.8) is 0 Å². The van der Waals surface area contributed by atoms with Crippen molar-refractivity contribution < 1.29 is 8.94 Å². The lowest BCUT2D eigenvalue weighted by Gasteiger charge is -2.23. The molecule has 6 heteroatoms. The Hall–Kier alpha value is -2.37. The van der Waals surface area contributed by atoms with Crippen molar-refractivity contribution in [2.45, 2.75) is 38.5 Å². The van der Waals surface area contributed by atoms with Crippen LogP contribution in [0.15, 0.2) is 27.1 Å². The molecule has 0 N–H and O–H groups in total. The van der Waals surface area contributed by atoms with Crippen LogP contribution in [0, 0.1) is 19.8 Å². The fraction of sp³-hybridized carbons (Fsp3) is 0.500. The molecule has 0 spiro atoms. The summed E-state index contributed by atoms with van der Waals surface area (Å²) in [6.45, 7) is 5.72. The van der Waals surface area contributed by atoms with E-state index in [1.165, 1.54) is 18.4 Å². The second-order valence-corrected chi connectivity index (χ2v) is 7.24. The zero-order valence-electron chi connectivity index (χ0n) is 14.0. The maximum atomic E-state index is 6.01. The van der Waals surface area contributed by atoms with Crippen LogP contribution in [0.25, 0.3) is 11.1 Å². The maximum Gasteiger partial charge on any atom is 0.298 e. The van der Waals surface area contributed by atoms with Gasteiger partial charge in [0, 0.05) is 13.1 Å². The molecule has 5 rings (SSSR count). The van der Waals surface area contributed by atoms with Crippen molar-refractivity contribution in [2.24, 2.45) is 5.92 Å². The predicted molar refractivity (Wildman–Crippen MR) is 89.0 cm³/mol. The Morgan fingerprint density at radius 2 is 2.17 bits per heavy atom. The number of rotatable bonds is 2. The molecule has 1 aliphatic heterocycles. The van der Waals surface area contributed by atoms with E-state index < -0.39 is 0 Å². The summed E-state index contributed by atoms with van der Waals surface area (Å²) in [5, 5.41) is 4.01. The van der Waals surface area contributed by atoms with Crippen molar-refractivity contribution in [3.05, 3.63) is 35.5 Å². The molecular formula is C18H20N4O2. The molecule has 1 aliphatic carbocycles. The fourth-order valence-electron chi connectivity index (χ4n) is 4.44. The van der Waals surface area contributed by atoms with Gasteiger partial charge in [-0.2, -0.15) is 9.97 Å². The highest BCUT2D eigenvalue weighted by atomic mass is 16.5. The third-order valence-corrected chi connectivity index (χ3v) is 5.63. The number of oxazole rings is 1. The third kappa shape index (κ3) is 1.92. The second-order valence-electron chi connectivity index (χ2n) is 7.24. The summed E-state index contributed by atoms with van der Waals surface area (Å²) in [4.78, 5) is 11.5. The molecule has 1 aromatic carbocycles. The van der Waals surface area contributed by atoms with E-state index in [1.807, 2.05) is 13.0 Å². The van der Waals surface area contributed by atoms with Crippen LogP contribution >= 0.6 is 0 Å². The third-order valence-electron chi connectivity index (χ3n) is 5.63. The molecule has 2 aliphatic rings. The summed E-state index contributed by atoms with van der Waals surface area (Å²) in [5.41, 5.74) is 2.91. The van der Waals surface area contributed by atoms with Gasteiger partial charge in [-0.05, 0) is 50.3 Å². The van der Waals surface area contributed by atoms with Gasteiger partial charge in [-0.25, -0.2) is 0 Å². The Morgan fingerprint density at radius 3 is 3.00 bits per heavy atom. The first-order chi connectivity index (χ1) is 11.6. The van der Waals surface area contributed by atoms with Crippen LogP contribution in [-0.2, 0) is 5.41 Å². The number of fused-ring (bicyclic) bond motifs is 2. The van der Waals surface area contributed by atoms with Gasteiger partial charge in [0.1, 0.15) is 5.52 Å². The van der Waals surface area contributed by atoms with Crippen molar-refractivity contribution in [1.82, 2.24) is 15.1 Å². The predicted octanol–water partition coefficient (Wildman–Crippen LogP) is 3.39. The summed E-state index contributed by atoms with van der Waals surface area (Å²) in [7, 11) is 0. The average Bonchev–Trinajstić information content (AvgIpc) is 3.26. The number of benzene rings is 1. The van der Waals surface area contributed by atoms with E-state index in [0.29, 0.717) is 17.8 Å². The van der Waals surface area contributed by atoms with Gasteiger partial charge < -0.3 is 13.8 Å². The van der Waals surface area contributed by atoms with Crippen LogP contribution in [0.1, 0.15) is 36.5 Å². The first-order valence-electron chi connectivity index (χ1n) is 8.57. The van der Waals surface area contributed by atoms with E-state index in [0.717, 1.165) is 36.5 Å².